The normalized spacial score (nSPS) is 13.1. The second-order valence-electron chi connectivity index (χ2n) is 6.21. The predicted octanol–water partition coefficient (Wildman–Crippen LogP) is 4.95. The Labute approximate surface area is 170 Å². The molecule has 5 nitrogen and oxygen atoms in total. The summed E-state index contributed by atoms with van der Waals surface area (Å²) in [5.41, 5.74) is 1.74. The first-order chi connectivity index (χ1) is 13.6. The molecule has 1 N–H and O–H groups in total. The fourth-order valence-electron chi connectivity index (χ4n) is 2.78. The Hall–Kier alpha value is -2.64. The number of ether oxygens (including phenoxy) is 2. The van der Waals surface area contributed by atoms with Crippen molar-refractivity contribution in [2.45, 2.75) is 12.8 Å². The maximum atomic E-state index is 13.4. The lowest BCUT2D eigenvalue weighted by Gasteiger charge is -2.12. The lowest BCUT2D eigenvalue weighted by molar-refractivity contribution is -0.115. The number of nitrogens with one attached hydrogen (secondary N) is 1. The Kier molecular flexibility index (Phi) is 5.45. The van der Waals surface area contributed by atoms with Crippen LogP contribution in [0.1, 0.15) is 12.1 Å². The minimum absolute atomic E-state index is 0.0799. The second kappa shape index (κ2) is 8.16. The zero-order chi connectivity index (χ0) is 19.5. The molecule has 1 aliphatic heterocycles. The summed E-state index contributed by atoms with van der Waals surface area (Å²) >= 11 is 7.62. The van der Waals surface area contributed by atoms with Gasteiger partial charge < -0.3 is 14.8 Å². The van der Waals surface area contributed by atoms with Crippen LogP contribution in [0.3, 0.4) is 0 Å². The molecule has 0 bridgehead atoms. The number of hydrogen-bond acceptors (Lipinski definition) is 5. The molecular formula is C20H16ClFN2O3S. The maximum absolute atomic E-state index is 13.4. The average molecular weight is 419 g/mol. The third kappa shape index (κ3) is 4.26. The predicted molar refractivity (Wildman–Crippen MR) is 107 cm³/mol. The summed E-state index contributed by atoms with van der Waals surface area (Å²) in [5, 5.41) is 5.61. The van der Waals surface area contributed by atoms with Crippen LogP contribution in [0, 0.1) is 5.82 Å². The first-order valence-corrected chi connectivity index (χ1v) is 9.93. The number of benzene rings is 2. The molecule has 1 amide bonds. The highest BCUT2D eigenvalue weighted by Gasteiger charge is 2.16. The lowest BCUT2D eigenvalue weighted by atomic mass is 10.2. The van der Waals surface area contributed by atoms with Gasteiger partial charge in [-0.25, -0.2) is 9.37 Å². The van der Waals surface area contributed by atoms with E-state index in [-0.39, 0.29) is 18.1 Å². The number of fused-ring (bicyclic) bond motifs is 1. The van der Waals surface area contributed by atoms with Gasteiger partial charge in [0, 0.05) is 29.5 Å². The van der Waals surface area contributed by atoms with Crippen LogP contribution < -0.4 is 14.8 Å². The second-order valence-corrected chi connectivity index (χ2v) is 7.47. The summed E-state index contributed by atoms with van der Waals surface area (Å²) in [7, 11) is 0. The first-order valence-electron chi connectivity index (χ1n) is 8.68. The molecule has 0 radical (unpaired) electrons. The van der Waals surface area contributed by atoms with Crippen molar-refractivity contribution in [3.8, 4) is 22.1 Å². The van der Waals surface area contributed by atoms with Crippen molar-refractivity contribution in [2.75, 3.05) is 18.5 Å². The molecule has 2 aromatic carbocycles. The van der Waals surface area contributed by atoms with Crippen LogP contribution in [0.5, 0.6) is 11.5 Å². The number of aromatic nitrogens is 1. The number of rotatable bonds is 4. The van der Waals surface area contributed by atoms with Gasteiger partial charge in [0.05, 0.1) is 36.0 Å². The fourth-order valence-corrected chi connectivity index (χ4v) is 3.80. The van der Waals surface area contributed by atoms with Crippen LogP contribution in [-0.2, 0) is 11.2 Å². The van der Waals surface area contributed by atoms with E-state index in [1.165, 1.54) is 23.5 Å². The van der Waals surface area contributed by atoms with E-state index in [0.717, 1.165) is 6.42 Å². The molecular weight excluding hydrogens is 403 g/mol. The average Bonchev–Trinajstić information content (AvgIpc) is 3.01. The Balaban J connectivity index is 1.46. The van der Waals surface area contributed by atoms with Crippen molar-refractivity contribution in [1.29, 1.82) is 0 Å². The topological polar surface area (TPSA) is 60.5 Å². The van der Waals surface area contributed by atoms with Crippen LogP contribution in [-0.4, -0.2) is 24.1 Å². The summed E-state index contributed by atoms with van der Waals surface area (Å²) in [6.45, 7) is 1.11. The molecule has 1 aromatic heterocycles. The molecule has 144 valence electrons. The van der Waals surface area contributed by atoms with Gasteiger partial charge in [0.2, 0.25) is 5.91 Å². The number of amides is 1. The van der Waals surface area contributed by atoms with Gasteiger partial charge in [0.25, 0.3) is 0 Å². The number of carbonyl (C=O) groups is 1. The molecule has 0 spiro atoms. The van der Waals surface area contributed by atoms with Crippen molar-refractivity contribution in [2.24, 2.45) is 0 Å². The van der Waals surface area contributed by atoms with Crippen molar-refractivity contribution in [1.82, 2.24) is 4.98 Å². The van der Waals surface area contributed by atoms with Crippen LogP contribution in [0.2, 0.25) is 5.02 Å². The number of carbonyl (C=O) groups excluding carboxylic acids is 1. The number of thiazole rings is 1. The van der Waals surface area contributed by atoms with Crippen molar-refractivity contribution in [3.05, 3.63) is 58.3 Å². The van der Waals surface area contributed by atoms with Gasteiger partial charge in [-0.15, -0.1) is 11.3 Å². The highest BCUT2D eigenvalue weighted by molar-refractivity contribution is 7.13. The Bertz CT molecular complexity index is 1020. The minimum atomic E-state index is -0.323. The number of anilines is 1. The van der Waals surface area contributed by atoms with E-state index in [4.69, 9.17) is 21.1 Å². The maximum Gasteiger partial charge on any atom is 0.230 e. The highest BCUT2D eigenvalue weighted by atomic mass is 35.5. The molecule has 3 aromatic rings. The van der Waals surface area contributed by atoms with Crippen LogP contribution in [0.4, 0.5) is 10.1 Å². The molecule has 0 atom stereocenters. The molecule has 0 saturated heterocycles. The van der Waals surface area contributed by atoms with E-state index in [0.29, 0.717) is 51.7 Å². The van der Waals surface area contributed by atoms with Crippen molar-refractivity contribution < 1.29 is 18.7 Å². The van der Waals surface area contributed by atoms with E-state index in [1.54, 1.807) is 29.6 Å². The van der Waals surface area contributed by atoms with E-state index in [2.05, 4.69) is 10.3 Å². The Morgan fingerprint density at radius 2 is 2.00 bits per heavy atom. The number of hydrogen-bond donors (Lipinski definition) is 1. The minimum Gasteiger partial charge on any atom is -0.490 e. The third-order valence-corrected chi connectivity index (χ3v) is 5.33. The van der Waals surface area contributed by atoms with Gasteiger partial charge in [-0.2, -0.15) is 0 Å². The highest BCUT2D eigenvalue weighted by Crippen LogP contribution is 2.37. The van der Waals surface area contributed by atoms with Gasteiger partial charge in [-0.1, -0.05) is 23.7 Å². The zero-order valence-corrected chi connectivity index (χ0v) is 16.3. The van der Waals surface area contributed by atoms with Gasteiger partial charge in [-0.05, 0) is 12.1 Å². The van der Waals surface area contributed by atoms with Crippen LogP contribution >= 0.6 is 22.9 Å². The molecule has 1 aliphatic rings. The summed E-state index contributed by atoms with van der Waals surface area (Å²) in [6.07, 6.45) is 0.863. The van der Waals surface area contributed by atoms with Gasteiger partial charge in [0.15, 0.2) is 11.5 Å². The zero-order valence-electron chi connectivity index (χ0n) is 14.7. The van der Waals surface area contributed by atoms with Gasteiger partial charge in [0.1, 0.15) is 10.8 Å². The van der Waals surface area contributed by atoms with E-state index >= 15 is 0 Å². The largest absolute Gasteiger partial charge is 0.490 e. The van der Waals surface area contributed by atoms with E-state index in [9.17, 15) is 9.18 Å². The fraction of sp³-hybridized carbons (Fsp3) is 0.200. The molecule has 0 fully saturated rings. The van der Waals surface area contributed by atoms with Crippen LogP contribution in [0.15, 0.2) is 41.8 Å². The monoisotopic (exact) mass is 418 g/mol. The third-order valence-electron chi connectivity index (χ3n) is 4.08. The summed E-state index contributed by atoms with van der Waals surface area (Å²) in [5.74, 6) is 0.544. The molecule has 0 aliphatic carbocycles. The van der Waals surface area contributed by atoms with Crippen LogP contribution in [0.25, 0.3) is 10.6 Å². The molecule has 4 rings (SSSR count). The molecule has 8 heteroatoms. The molecule has 0 saturated carbocycles. The summed E-state index contributed by atoms with van der Waals surface area (Å²) in [4.78, 5) is 16.9. The molecule has 0 unspecified atom stereocenters. The smallest absolute Gasteiger partial charge is 0.230 e. The summed E-state index contributed by atoms with van der Waals surface area (Å²) in [6, 6.07) is 9.52. The van der Waals surface area contributed by atoms with Gasteiger partial charge >= 0.3 is 0 Å². The number of nitrogens with zero attached hydrogens (tertiary/aromatic N) is 1. The van der Waals surface area contributed by atoms with E-state index in [1.807, 2.05) is 0 Å². The summed E-state index contributed by atoms with van der Waals surface area (Å²) < 4.78 is 24.6. The van der Waals surface area contributed by atoms with Crippen molar-refractivity contribution >= 4 is 34.5 Å². The quantitative estimate of drug-likeness (QED) is 0.651. The number of halogens is 2. The lowest BCUT2D eigenvalue weighted by Crippen LogP contribution is -2.15. The Morgan fingerprint density at radius 1 is 1.21 bits per heavy atom. The van der Waals surface area contributed by atoms with Crippen molar-refractivity contribution in [3.63, 3.8) is 0 Å². The van der Waals surface area contributed by atoms with E-state index < -0.39 is 0 Å². The van der Waals surface area contributed by atoms with Gasteiger partial charge in [-0.3, -0.25) is 4.79 Å². The molecule has 2 heterocycles. The first kappa shape index (κ1) is 18.7. The SMILES string of the molecule is O=C(Cc1csc(-c2cccc(F)c2)n1)Nc1cc2c(cc1Cl)OCCCO2. The molecule has 28 heavy (non-hydrogen) atoms. The standard InChI is InChI=1S/C20H16ClFN2O3S/c21-15-9-17-18(27-6-2-5-26-17)10-16(15)24-19(25)8-14-11-28-20(23-14)12-3-1-4-13(22)7-12/h1,3-4,7,9-11H,2,5-6,8H2,(H,24,25). The Morgan fingerprint density at radius 3 is 2.79 bits per heavy atom.